The van der Waals surface area contributed by atoms with E-state index in [4.69, 9.17) is 11.6 Å². The van der Waals surface area contributed by atoms with Gasteiger partial charge in [-0.25, -0.2) is 13.2 Å². The quantitative estimate of drug-likeness (QED) is 0.836. The van der Waals surface area contributed by atoms with Crippen molar-refractivity contribution in [3.63, 3.8) is 0 Å². The largest absolute Gasteiger partial charge is 0.344 e. The van der Waals surface area contributed by atoms with E-state index in [9.17, 15) is 13.2 Å². The molecule has 0 aliphatic rings. The van der Waals surface area contributed by atoms with Crippen molar-refractivity contribution >= 4 is 24.0 Å². The normalized spacial score (nSPS) is 11.5. The van der Waals surface area contributed by atoms with Crippen LogP contribution in [-0.4, -0.2) is 6.43 Å². The van der Waals surface area contributed by atoms with E-state index in [1.165, 1.54) is 24.3 Å². The number of benzene rings is 1. The Morgan fingerprint density at radius 2 is 1.43 bits per heavy atom. The van der Waals surface area contributed by atoms with E-state index in [0.29, 0.717) is 5.02 Å². The molecule has 1 rings (SSSR count). The molecule has 0 saturated heterocycles. The maximum atomic E-state index is 12.6. The number of hydrogen-bond acceptors (Lipinski definition) is 1. The van der Waals surface area contributed by atoms with Crippen LogP contribution in [0.25, 0.3) is 0 Å². The van der Waals surface area contributed by atoms with Gasteiger partial charge in [-0.15, -0.1) is 12.4 Å². The lowest BCUT2D eigenvalue weighted by Crippen LogP contribution is -2.02. The second kappa shape index (κ2) is 6.92. The summed E-state index contributed by atoms with van der Waals surface area (Å²) in [6.45, 7) is 0. The maximum Gasteiger partial charge on any atom is 0.273 e. The molecule has 0 heterocycles. The summed E-state index contributed by atoms with van der Waals surface area (Å²) in [5.74, 6) is 0. The van der Waals surface area contributed by atoms with Crippen molar-refractivity contribution in [3.8, 4) is 0 Å². The lowest BCUT2D eigenvalue weighted by atomic mass is 10.1. The molecule has 1 aromatic rings. The number of halogens is 5. The molecule has 6 heteroatoms. The van der Waals surface area contributed by atoms with Crippen molar-refractivity contribution < 1.29 is 13.2 Å². The fourth-order valence-corrected chi connectivity index (χ4v) is 0.918. The monoisotopic (exact) mass is 247 g/mol. The van der Waals surface area contributed by atoms with E-state index < -0.39 is 12.6 Å². The van der Waals surface area contributed by atoms with Gasteiger partial charge in [0.05, 0.1) is 0 Å². The molecule has 0 spiro atoms. The van der Waals surface area contributed by atoms with E-state index in [1.54, 1.807) is 0 Å². The predicted molar refractivity (Wildman–Crippen MR) is 53.6 cm³/mol. The molecule has 0 saturated carbocycles. The van der Waals surface area contributed by atoms with Crippen LogP contribution in [0.3, 0.4) is 0 Å². The van der Waals surface area contributed by atoms with Gasteiger partial charge in [0.25, 0.3) is 6.43 Å². The molecule has 0 aliphatic carbocycles. The van der Waals surface area contributed by atoms with Crippen LogP contribution in [0, 0.1) is 0 Å². The van der Waals surface area contributed by atoms with E-state index in [1.807, 2.05) is 0 Å². The smallest absolute Gasteiger partial charge is 0.273 e. The lowest BCUT2D eigenvalue weighted by molar-refractivity contribution is 0.0496. The minimum Gasteiger partial charge on any atom is -0.344 e. The van der Waals surface area contributed by atoms with Gasteiger partial charge in [0.15, 0.2) is 6.17 Å². The van der Waals surface area contributed by atoms with Crippen molar-refractivity contribution in [2.45, 2.75) is 12.6 Å². The summed E-state index contributed by atoms with van der Waals surface area (Å²) in [5, 5.41) is 0.403. The first kappa shape index (κ1) is 16.0. The minimum absolute atomic E-state index is 0. The molecule has 0 aliphatic heterocycles. The van der Waals surface area contributed by atoms with Gasteiger partial charge in [0.1, 0.15) is 0 Å². The molecule has 0 radical (unpaired) electrons. The first-order valence-electron chi connectivity index (χ1n) is 3.29. The van der Waals surface area contributed by atoms with Gasteiger partial charge in [0, 0.05) is 5.02 Å². The Bertz CT molecular complexity index is 253. The van der Waals surface area contributed by atoms with Crippen LogP contribution in [0.15, 0.2) is 24.3 Å². The second-order valence-electron chi connectivity index (χ2n) is 2.29. The highest BCUT2D eigenvalue weighted by Crippen LogP contribution is 2.25. The standard InChI is InChI=1S/C8H6ClF3.ClH.H3N/c9-6-3-1-5(2-4-6)7(10)8(11)12;;/h1-4,7-8H;1H;1H3/t7-;;/m1../s1. The molecule has 0 unspecified atom stereocenters. The summed E-state index contributed by atoms with van der Waals surface area (Å²) in [6, 6.07) is 5.26. The molecule has 0 amide bonds. The molecule has 0 aromatic heterocycles. The van der Waals surface area contributed by atoms with Crippen LogP contribution < -0.4 is 6.15 Å². The van der Waals surface area contributed by atoms with E-state index in [-0.39, 0.29) is 24.1 Å². The van der Waals surface area contributed by atoms with Gasteiger partial charge in [-0.1, -0.05) is 23.7 Å². The molecule has 3 N–H and O–H groups in total. The van der Waals surface area contributed by atoms with Crippen molar-refractivity contribution in [2.24, 2.45) is 0 Å². The van der Waals surface area contributed by atoms with E-state index in [2.05, 4.69) is 0 Å². The van der Waals surface area contributed by atoms with Gasteiger partial charge in [-0.3, -0.25) is 0 Å². The van der Waals surface area contributed by atoms with Gasteiger partial charge >= 0.3 is 0 Å². The summed E-state index contributed by atoms with van der Waals surface area (Å²) in [5.41, 5.74) is -0.0469. The van der Waals surface area contributed by atoms with Gasteiger partial charge in [-0.05, 0) is 17.7 Å². The van der Waals surface area contributed by atoms with Crippen LogP contribution in [0.1, 0.15) is 11.7 Å². The third kappa shape index (κ3) is 4.17. The zero-order valence-electron chi connectivity index (χ0n) is 7.09. The van der Waals surface area contributed by atoms with E-state index >= 15 is 0 Å². The topological polar surface area (TPSA) is 35.0 Å². The highest BCUT2D eigenvalue weighted by Gasteiger charge is 2.20. The summed E-state index contributed by atoms with van der Waals surface area (Å²) in [6.07, 6.45) is -5.20. The van der Waals surface area contributed by atoms with Crippen molar-refractivity contribution in [1.82, 2.24) is 6.15 Å². The Balaban J connectivity index is 0. The summed E-state index contributed by atoms with van der Waals surface area (Å²) < 4.78 is 36.2. The SMILES string of the molecule is Cl.FC(F)[C@H](F)c1ccc(Cl)cc1.N. The number of alkyl halides is 3. The van der Waals surface area contributed by atoms with Crippen LogP contribution in [-0.2, 0) is 0 Å². The molecule has 82 valence electrons. The molecular weight excluding hydrogens is 238 g/mol. The predicted octanol–water partition coefficient (Wildman–Crippen LogP) is 4.20. The Kier molecular flexibility index (Phi) is 7.91. The van der Waals surface area contributed by atoms with Crippen LogP contribution in [0.4, 0.5) is 13.2 Å². The summed E-state index contributed by atoms with van der Waals surface area (Å²) >= 11 is 5.49. The Hall–Kier alpha value is -0.450. The van der Waals surface area contributed by atoms with Crippen molar-refractivity contribution in [3.05, 3.63) is 34.9 Å². The number of rotatable bonds is 2. The van der Waals surface area contributed by atoms with Gasteiger partial charge < -0.3 is 6.15 Å². The van der Waals surface area contributed by atoms with E-state index in [0.717, 1.165) is 0 Å². The molecule has 0 bridgehead atoms. The average molecular weight is 248 g/mol. The molecular formula is C8H10Cl2F3N. The molecule has 14 heavy (non-hydrogen) atoms. The Labute approximate surface area is 91.3 Å². The van der Waals surface area contributed by atoms with Gasteiger partial charge in [0.2, 0.25) is 0 Å². The number of hydrogen-bond donors (Lipinski definition) is 1. The highest BCUT2D eigenvalue weighted by molar-refractivity contribution is 6.30. The molecule has 1 aromatic carbocycles. The first-order valence-corrected chi connectivity index (χ1v) is 3.66. The Morgan fingerprint density at radius 1 is 1.00 bits per heavy atom. The van der Waals surface area contributed by atoms with Gasteiger partial charge in [-0.2, -0.15) is 0 Å². The van der Waals surface area contributed by atoms with Crippen LogP contribution >= 0.6 is 24.0 Å². The fourth-order valence-electron chi connectivity index (χ4n) is 0.792. The summed E-state index contributed by atoms with van der Waals surface area (Å²) in [4.78, 5) is 0. The van der Waals surface area contributed by atoms with Crippen molar-refractivity contribution in [2.75, 3.05) is 0 Å². The average Bonchev–Trinajstić information content (AvgIpc) is 2.04. The third-order valence-electron chi connectivity index (χ3n) is 1.41. The van der Waals surface area contributed by atoms with Crippen LogP contribution in [0.5, 0.6) is 0 Å². The zero-order valence-corrected chi connectivity index (χ0v) is 8.66. The highest BCUT2D eigenvalue weighted by atomic mass is 35.5. The Morgan fingerprint density at radius 3 is 1.79 bits per heavy atom. The van der Waals surface area contributed by atoms with Crippen molar-refractivity contribution in [1.29, 1.82) is 0 Å². The third-order valence-corrected chi connectivity index (χ3v) is 1.66. The van der Waals surface area contributed by atoms with Crippen LogP contribution in [0.2, 0.25) is 5.02 Å². The molecule has 1 nitrogen and oxygen atoms in total. The maximum absolute atomic E-state index is 12.6. The second-order valence-corrected chi connectivity index (χ2v) is 2.72. The molecule has 0 fully saturated rings. The zero-order chi connectivity index (χ0) is 9.14. The fraction of sp³-hybridized carbons (Fsp3) is 0.250. The summed E-state index contributed by atoms with van der Waals surface area (Å²) in [7, 11) is 0. The first-order chi connectivity index (χ1) is 5.61. The minimum atomic E-state index is -2.98. The molecule has 1 atom stereocenters. The lowest BCUT2D eigenvalue weighted by Gasteiger charge is -2.06.